The van der Waals surface area contributed by atoms with E-state index in [1.54, 1.807) is 7.11 Å². The van der Waals surface area contributed by atoms with Crippen LogP contribution in [-0.2, 0) is 22.6 Å². The Kier molecular flexibility index (Phi) is 10.4. The maximum Gasteiger partial charge on any atom is 0.222 e. The number of nitrogens with zero attached hydrogens (tertiary/aromatic N) is 2. The van der Waals surface area contributed by atoms with Gasteiger partial charge in [0.1, 0.15) is 0 Å². The Hall–Kier alpha value is -1.35. The van der Waals surface area contributed by atoms with Crippen LogP contribution in [0.5, 0.6) is 0 Å². The first kappa shape index (κ1) is 24.9. The third-order valence-corrected chi connectivity index (χ3v) is 6.21. The molecule has 6 nitrogen and oxygen atoms in total. The van der Waals surface area contributed by atoms with E-state index in [0.717, 1.165) is 51.6 Å². The molecule has 1 saturated heterocycles. The predicted octanol–water partition coefficient (Wildman–Crippen LogP) is 3.69. The Morgan fingerprint density at radius 3 is 2.47 bits per heavy atom. The number of carbonyl (C=O) groups excluding carboxylic acids is 1. The maximum atomic E-state index is 11.8. The fourth-order valence-electron chi connectivity index (χ4n) is 4.14. The molecule has 0 aromatic heterocycles. The zero-order chi connectivity index (χ0) is 20.5. The SMILES string of the molecule is CCNC(=NCc1ccc(CN2CCCC2=O)cc1)NCC1(CCOC)CCC1.I. The minimum Gasteiger partial charge on any atom is -0.385 e. The Morgan fingerprint density at radius 2 is 1.90 bits per heavy atom. The number of likely N-dealkylation sites (tertiary alicyclic amines) is 1. The standard InChI is InChI=1S/C23H36N4O2.HI/c1-3-24-22(26-18-23(11-5-12-23)13-15-29-2)25-16-19-7-9-20(10-8-19)17-27-14-4-6-21(27)28;/h7-10H,3-6,11-18H2,1-2H3,(H2,24,25,26);1H. The van der Waals surface area contributed by atoms with Gasteiger partial charge in [0.25, 0.3) is 0 Å². The third-order valence-electron chi connectivity index (χ3n) is 6.21. The number of benzene rings is 1. The van der Waals surface area contributed by atoms with Crippen LogP contribution in [0.15, 0.2) is 29.3 Å². The molecule has 1 aliphatic heterocycles. The van der Waals surface area contributed by atoms with Gasteiger partial charge in [0, 0.05) is 46.3 Å². The summed E-state index contributed by atoms with van der Waals surface area (Å²) < 4.78 is 5.29. The van der Waals surface area contributed by atoms with Gasteiger partial charge in [-0.05, 0) is 49.1 Å². The zero-order valence-electron chi connectivity index (χ0n) is 18.4. The van der Waals surface area contributed by atoms with E-state index < -0.39 is 0 Å². The number of aliphatic imine (C=N–C) groups is 1. The van der Waals surface area contributed by atoms with E-state index in [2.05, 4.69) is 41.8 Å². The Bertz CT molecular complexity index is 689. The molecule has 0 unspecified atom stereocenters. The molecule has 30 heavy (non-hydrogen) atoms. The largest absolute Gasteiger partial charge is 0.385 e. The number of rotatable bonds is 10. The number of guanidine groups is 1. The molecule has 7 heteroatoms. The Balaban J connectivity index is 0.00000320. The van der Waals surface area contributed by atoms with E-state index >= 15 is 0 Å². The van der Waals surface area contributed by atoms with Gasteiger partial charge >= 0.3 is 0 Å². The first-order valence-electron chi connectivity index (χ1n) is 11.0. The molecule has 2 N–H and O–H groups in total. The molecule has 2 fully saturated rings. The van der Waals surface area contributed by atoms with Gasteiger partial charge in [-0.2, -0.15) is 0 Å². The van der Waals surface area contributed by atoms with E-state index in [-0.39, 0.29) is 29.9 Å². The second-order valence-electron chi connectivity index (χ2n) is 8.38. The number of methoxy groups -OCH3 is 1. The molecule has 0 spiro atoms. The monoisotopic (exact) mass is 528 g/mol. The van der Waals surface area contributed by atoms with Gasteiger partial charge in [0.2, 0.25) is 5.91 Å². The summed E-state index contributed by atoms with van der Waals surface area (Å²) in [5, 5.41) is 6.90. The number of hydrogen-bond acceptors (Lipinski definition) is 3. The molecular weight excluding hydrogens is 491 g/mol. The molecule has 0 atom stereocenters. The van der Waals surface area contributed by atoms with E-state index in [0.29, 0.717) is 18.4 Å². The van der Waals surface area contributed by atoms with E-state index in [1.165, 1.54) is 30.4 Å². The van der Waals surface area contributed by atoms with Crippen LogP contribution >= 0.6 is 24.0 Å². The average Bonchev–Trinajstić information content (AvgIpc) is 3.10. The van der Waals surface area contributed by atoms with Crippen LogP contribution in [0.4, 0.5) is 0 Å². The van der Waals surface area contributed by atoms with Crippen molar-refractivity contribution in [1.82, 2.24) is 15.5 Å². The average molecular weight is 528 g/mol. The summed E-state index contributed by atoms with van der Waals surface area (Å²) in [6.45, 7) is 6.96. The van der Waals surface area contributed by atoms with Crippen molar-refractivity contribution in [3.63, 3.8) is 0 Å². The van der Waals surface area contributed by atoms with E-state index in [1.807, 2.05) is 4.90 Å². The van der Waals surface area contributed by atoms with Crippen molar-refractivity contribution in [3.8, 4) is 0 Å². The molecule has 1 aromatic rings. The summed E-state index contributed by atoms with van der Waals surface area (Å²) in [7, 11) is 1.78. The Morgan fingerprint density at radius 1 is 1.17 bits per heavy atom. The molecular formula is C23H37IN4O2. The molecule has 1 saturated carbocycles. The Labute approximate surface area is 198 Å². The molecule has 2 aliphatic rings. The van der Waals surface area contributed by atoms with Crippen molar-refractivity contribution in [1.29, 1.82) is 0 Å². The van der Waals surface area contributed by atoms with Crippen LogP contribution in [0.2, 0.25) is 0 Å². The maximum absolute atomic E-state index is 11.8. The zero-order valence-corrected chi connectivity index (χ0v) is 20.7. The number of ether oxygens (including phenoxy) is 1. The predicted molar refractivity (Wildman–Crippen MR) is 132 cm³/mol. The van der Waals surface area contributed by atoms with Gasteiger partial charge in [-0.15, -0.1) is 24.0 Å². The second-order valence-corrected chi connectivity index (χ2v) is 8.38. The van der Waals surface area contributed by atoms with Crippen molar-refractivity contribution in [3.05, 3.63) is 35.4 Å². The lowest BCUT2D eigenvalue weighted by Crippen LogP contribution is -2.46. The van der Waals surface area contributed by atoms with Gasteiger partial charge in [-0.3, -0.25) is 4.79 Å². The molecule has 1 aliphatic carbocycles. The first-order chi connectivity index (χ1) is 14.1. The van der Waals surface area contributed by atoms with Crippen LogP contribution in [0.3, 0.4) is 0 Å². The van der Waals surface area contributed by atoms with Crippen molar-refractivity contribution in [2.45, 2.75) is 58.5 Å². The van der Waals surface area contributed by atoms with Crippen LogP contribution in [0, 0.1) is 5.41 Å². The smallest absolute Gasteiger partial charge is 0.222 e. The number of halogens is 1. The van der Waals surface area contributed by atoms with Crippen molar-refractivity contribution in [2.24, 2.45) is 10.4 Å². The van der Waals surface area contributed by atoms with Gasteiger partial charge < -0.3 is 20.3 Å². The minimum absolute atomic E-state index is 0. The highest BCUT2D eigenvalue weighted by Gasteiger charge is 2.36. The highest BCUT2D eigenvalue weighted by atomic mass is 127. The minimum atomic E-state index is 0. The van der Waals surface area contributed by atoms with Crippen LogP contribution in [0.25, 0.3) is 0 Å². The van der Waals surface area contributed by atoms with Gasteiger partial charge in [-0.1, -0.05) is 30.7 Å². The first-order valence-corrected chi connectivity index (χ1v) is 11.0. The van der Waals surface area contributed by atoms with E-state index in [9.17, 15) is 4.79 Å². The molecule has 168 valence electrons. The van der Waals surface area contributed by atoms with Crippen LogP contribution < -0.4 is 10.6 Å². The molecule has 0 bridgehead atoms. The van der Waals surface area contributed by atoms with Gasteiger partial charge in [0.15, 0.2) is 5.96 Å². The van der Waals surface area contributed by atoms with Crippen molar-refractivity contribution < 1.29 is 9.53 Å². The fourth-order valence-corrected chi connectivity index (χ4v) is 4.14. The van der Waals surface area contributed by atoms with Crippen LogP contribution in [0.1, 0.15) is 56.6 Å². The summed E-state index contributed by atoms with van der Waals surface area (Å²) in [5.74, 6) is 1.15. The quantitative estimate of drug-likeness (QED) is 0.276. The lowest BCUT2D eigenvalue weighted by atomic mass is 9.67. The highest BCUT2D eigenvalue weighted by molar-refractivity contribution is 14.0. The number of amides is 1. The number of hydrogen-bond donors (Lipinski definition) is 2. The fraction of sp³-hybridized carbons (Fsp3) is 0.652. The highest BCUT2D eigenvalue weighted by Crippen LogP contribution is 2.43. The topological polar surface area (TPSA) is 66.0 Å². The number of nitrogens with one attached hydrogen (secondary N) is 2. The molecule has 1 aromatic carbocycles. The lowest BCUT2D eigenvalue weighted by Gasteiger charge is -2.42. The summed E-state index contributed by atoms with van der Waals surface area (Å²) in [5.41, 5.74) is 2.72. The summed E-state index contributed by atoms with van der Waals surface area (Å²) >= 11 is 0. The summed E-state index contributed by atoms with van der Waals surface area (Å²) in [6.07, 6.45) is 6.64. The van der Waals surface area contributed by atoms with Crippen molar-refractivity contribution in [2.75, 3.05) is 33.4 Å². The number of carbonyl (C=O) groups is 1. The normalized spacial score (nSPS) is 18.0. The molecule has 1 heterocycles. The van der Waals surface area contributed by atoms with E-state index in [4.69, 9.17) is 9.73 Å². The summed E-state index contributed by atoms with van der Waals surface area (Å²) in [6, 6.07) is 8.47. The second kappa shape index (κ2) is 12.5. The molecule has 0 radical (unpaired) electrons. The molecule has 3 rings (SSSR count). The summed E-state index contributed by atoms with van der Waals surface area (Å²) in [4.78, 5) is 18.5. The molecule has 1 amide bonds. The lowest BCUT2D eigenvalue weighted by molar-refractivity contribution is -0.128. The van der Waals surface area contributed by atoms with Gasteiger partial charge in [0.05, 0.1) is 6.54 Å². The van der Waals surface area contributed by atoms with Crippen LogP contribution in [-0.4, -0.2) is 50.1 Å². The van der Waals surface area contributed by atoms with Gasteiger partial charge in [-0.25, -0.2) is 4.99 Å². The van der Waals surface area contributed by atoms with Crippen molar-refractivity contribution >= 4 is 35.8 Å². The third kappa shape index (κ3) is 7.11.